The molecule has 118 valence electrons. The third-order valence-electron chi connectivity index (χ3n) is 3.65. The zero-order valence-electron chi connectivity index (χ0n) is 12.4. The normalized spacial score (nSPS) is 13.0. The van der Waals surface area contributed by atoms with Crippen molar-refractivity contribution in [1.29, 1.82) is 0 Å². The Kier molecular flexibility index (Phi) is 4.44. The van der Waals surface area contributed by atoms with Gasteiger partial charge in [0.25, 0.3) is 0 Å². The molecule has 2 aromatic rings. The van der Waals surface area contributed by atoms with Gasteiger partial charge in [0.2, 0.25) is 0 Å². The first-order valence-electron chi connectivity index (χ1n) is 6.74. The smallest absolute Gasteiger partial charge is 0.197 e. The molecule has 0 aliphatic rings. The Balaban J connectivity index is 2.45. The van der Waals surface area contributed by atoms with Crippen LogP contribution in [0, 0.1) is 0 Å². The molecule has 0 aromatic heterocycles. The second-order valence-electron chi connectivity index (χ2n) is 5.46. The van der Waals surface area contributed by atoms with Crippen molar-refractivity contribution >= 4 is 19.7 Å². The minimum atomic E-state index is -4.00. The van der Waals surface area contributed by atoms with Crippen molar-refractivity contribution in [2.75, 3.05) is 0 Å². The van der Waals surface area contributed by atoms with E-state index in [2.05, 4.69) is 0 Å². The van der Waals surface area contributed by atoms with Crippen molar-refractivity contribution in [2.24, 2.45) is 0 Å². The summed E-state index contributed by atoms with van der Waals surface area (Å²) < 4.78 is 48.8. The van der Waals surface area contributed by atoms with Crippen LogP contribution < -0.4 is 0 Å². The van der Waals surface area contributed by atoms with E-state index >= 15 is 0 Å². The topological polar surface area (TPSA) is 68.3 Å². The summed E-state index contributed by atoms with van der Waals surface area (Å²) in [6, 6.07) is 16.2. The molecule has 0 radical (unpaired) electrons. The fourth-order valence-corrected chi connectivity index (χ4v) is 5.88. The number of benzene rings is 2. The molecule has 0 N–H and O–H groups in total. The lowest BCUT2D eigenvalue weighted by Crippen LogP contribution is -2.41. The molecular weight excluding hydrogens is 320 g/mol. The van der Waals surface area contributed by atoms with Crippen LogP contribution in [0.1, 0.15) is 19.4 Å². The van der Waals surface area contributed by atoms with Gasteiger partial charge in [-0.1, -0.05) is 48.5 Å². The van der Waals surface area contributed by atoms with Crippen LogP contribution in [0.3, 0.4) is 0 Å². The largest absolute Gasteiger partial charge is 0.227 e. The average molecular weight is 338 g/mol. The third kappa shape index (κ3) is 2.94. The van der Waals surface area contributed by atoms with Crippen molar-refractivity contribution < 1.29 is 16.8 Å². The van der Waals surface area contributed by atoms with Gasteiger partial charge in [0.05, 0.1) is 10.6 Å². The summed E-state index contributed by atoms with van der Waals surface area (Å²) in [7, 11) is -7.91. The first kappa shape index (κ1) is 16.7. The molecule has 0 spiro atoms. The molecule has 2 rings (SSSR count). The molecule has 0 atom stereocenters. The molecule has 0 saturated carbocycles. The molecule has 0 amide bonds. The number of rotatable bonds is 5. The van der Waals surface area contributed by atoms with Gasteiger partial charge in [-0.3, -0.25) is 0 Å². The van der Waals surface area contributed by atoms with Crippen molar-refractivity contribution in [1.82, 2.24) is 0 Å². The summed E-state index contributed by atoms with van der Waals surface area (Å²) in [5, 5.41) is 0. The molecule has 0 heterocycles. The summed E-state index contributed by atoms with van der Waals surface area (Å²) in [6.45, 7) is 2.49. The van der Waals surface area contributed by atoms with Crippen LogP contribution in [0.15, 0.2) is 65.6 Å². The van der Waals surface area contributed by atoms with Crippen LogP contribution in [-0.4, -0.2) is 20.9 Å². The second kappa shape index (κ2) is 5.85. The van der Waals surface area contributed by atoms with Gasteiger partial charge in [-0.25, -0.2) is 16.8 Å². The van der Waals surface area contributed by atoms with Crippen LogP contribution in [0.5, 0.6) is 0 Å². The van der Waals surface area contributed by atoms with Gasteiger partial charge in [0, 0.05) is 0 Å². The van der Waals surface area contributed by atoms with Crippen molar-refractivity contribution in [3.8, 4) is 0 Å². The summed E-state index contributed by atoms with van der Waals surface area (Å²) in [4.78, 5) is 0.0108. The Bertz CT molecular complexity index is 838. The Morgan fingerprint density at radius 2 is 1.23 bits per heavy atom. The van der Waals surface area contributed by atoms with E-state index in [9.17, 15) is 16.8 Å². The van der Waals surface area contributed by atoms with E-state index in [4.69, 9.17) is 0 Å². The molecular formula is C16H18O4S2. The Morgan fingerprint density at radius 1 is 0.773 bits per heavy atom. The van der Waals surface area contributed by atoms with E-state index < -0.39 is 23.8 Å². The molecule has 4 nitrogen and oxygen atoms in total. The zero-order chi connectivity index (χ0) is 16.4. The third-order valence-corrected chi connectivity index (χ3v) is 9.47. The average Bonchev–Trinajstić information content (AvgIpc) is 2.48. The lowest BCUT2D eigenvalue weighted by Gasteiger charge is -2.25. The standard InChI is InChI=1S/C16H18O4S2/c1-16(2,22(19,20)15-11-7-4-8-12-15)21(17,18)13-14-9-5-3-6-10-14/h3-12H,13H2,1-2H3. The van der Waals surface area contributed by atoms with Crippen LogP contribution in [-0.2, 0) is 25.4 Å². The van der Waals surface area contributed by atoms with Gasteiger partial charge in [-0.05, 0) is 31.5 Å². The van der Waals surface area contributed by atoms with Gasteiger partial charge >= 0.3 is 0 Å². The lowest BCUT2D eigenvalue weighted by atomic mass is 10.2. The molecule has 0 aliphatic heterocycles. The second-order valence-corrected chi connectivity index (χ2v) is 10.8. The van der Waals surface area contributed by atoms with Gasteiger partial charge in [-0.2, -0.15) is 0 Å². The van der Waals surface area contributed by atoms with Crippen molar-refractivity contribution in [3.05, 3.63) is 66.2 Å². The maximum absolute atomic E-state index is 12.7. The van der Waals surface area contributed by atoms with E-state index in [0.29, 0.717) is 5.56 Å². The minimum absolute atomic E-state index is 0.0108. The van der Waals surface area contributed by atoms with Gasteiger partial charge in [0.1, 0.15) is 0 Å². The van der Waals surface area contributed by atoms with Crippen molar-refractivity contribution in [2.45, 2.75) is 28.6 Å². The molecule has 0 unspecified atom stereocenters. The highest BCUT2D eigenvalue weighted by atomic mass is 32.3. The number of hydrogen-bond donors (Lipinski definition) is 0. The number of hydrogen-bond acceptors (Lipinski definition) is 4. The van der Waals surface area contributed by atoms with E-state index in [1.165, 1.54) is 26.0 Å². The first-order valence-corrected chi connectivity index (χ1v) is 9.88. The molecule has 2 aromatic carbocycles. The van der Waals surface area contributed by atoms with Crippen LogP contribution >= 0.6 is 0 Å². The minimum Gasteiger partial charge on any atom is -0.227 e. The van der Waals surface area contributed by atoms with E-state index in [0.717, 1.165) is 0 Å². The maximum atomic E-state index is 12.7. The summed E-state index contributed by atoms with van der Waals surface area (Å²) in [5.41, 5.74) is 0.568. The molecule has 0 aliphatic carbocycles. The Hall–Kier alpha value is -1.66. The van der Waals surface area contributed by atoms with Crippen LogP contribution in [0.2, 0.25) is 0 Å². The summed E-state index contributed by atoms with van der Waals surface area (Å²) in [5.74, 6) is -0.313. The SMILES string of the molecule is CC(C)(S(=O)(=O)Cc1ccccc1)S(=O)(=O)c1ccccc1. The Morgan fingerprint density at radius 3 is 1.73 bits per heavy atom. The molecule has 0 saturated heterocycles. The highest BCUT2D eigenvalue weighted by Crippen LogP contribution is 2.32. The zero-order valence-corrected chi connectivity index (χ0v) is 14.1. The highest BCUT2D eigenvalue weighted by Gasteiger charge is 2.47. The van der Waals surface area contributed by atoms with Gasteiger partial charge in [-0.15, -0.1) is 0 Å². The summed E-state index contributed by atoms with van der Waals surface area (Å²) in [6.07, 6.45) is 0. The Labute approximate surface area is 131 Å². The first-order chi connectivity index (χ1) is 10.2. The highest BCUT2D eigenvalue weighted by molar-refractivity contribution is 8.09. The van der Waals surface area contributed by atoms with Crippen LogP contribution in [0.4, 0.5) is 0 Å². The van der Waals surface area contributed by atoms with Crippen molar-refractivity contribution in [3.63, 3.8) is 0 Å². The predicted octanol–water partition coefficient (Wildman–Crippen LogP) is 2.81. The number of sulfone groups is 2. The fraction of sp³-hybridized carbons (Fsp3) is 0.250. The van der Waals surface area contributed by atoms with Gasteiger partial charge in [0.15, 0.2) is 23.8 Å². The van der Waals surface area contributed by atoms with E-state index in [-0.39, 0.29) is 10.6 Å². The fourth-order valence-electron chi connectivity index (χ4n) is 2.02. The molecule has 22 heavy (non-hydrogen) atoms. The summed E-state index contributed by atoms with van der Waals surface area (Å²) >= 11 is 0. The lowest BCUT2D eigenvalue weighted by molar-refractivity contribution is 0.555. The quantitative estimate of drug-likeness (QED) is 0.841. The molecule has 0 fully saturated rings. The van der Waals surface area contributed by atoms with E-state index in [1.54, 1.807) is 48.5 Å². The van der Waals surface area contributed by atoms with Gasteiger partial charge < -0.3 is 0 Å². The molecule has 0 bridgehead atoms. The maximum Gasteiger partial charge on any atom is 0.197 e. The predicted molar refractivity (Wildman–Crippen MR) is 86.8 cm³/mol. The van der Waals surface area contributed by atoms with E-state index in [1.807, 2.05) is 0 Å². The molecule has 6 heteroatoms. The monoisotopic (exact) mass is 338 g/mol. The van der Waals surface area contributed by atoms with Crippen LogP contribution in [0.25, 0.3) is 0 Å².